The van der Waals surface area contributed by atoms with Crippen molar-refractivity contribution in [2.24, 2.45) is 0 Å². The van der Waals surface area contributed by atoms with Crippen LogP contribution in [0.5, 0.6) is 0 Å². The normalized spacial score (nSPS) is 11.8. The van der Waals surface area contributed by atoms with E-state index in [2.05, 4.69) is 180 Å². The SMILES string of the molecule is c1ccc(-c2ccc(-c3nc(-c4ccccc4)nc(-c4cccc5oc6c(-c7ccc(-n8c9ccccc9c9cc(-c%10ccccc%10)ccc98)c8c7oc7ccccc78)cccc6c45)n3)cc2)cc1. The molecule has 0 N–H and O–H groups in total. The standard InChI is InChI=1S/C63H38N4O2/c1-4-16-39(17-5-1)41-30-32-43(33-31-41)62-64-61(42-20-8-3-9-21-42)65-63(66-62)50-26-15-29-56-57(50)49-25-14-24-46(59(49)69-56)47-35-37-54(58-48-23-11-13-28-55(48)68-60(47)58)67-52-27-12-10-22-45(52)51-38-44(34-36-53(51)67)40-18-6-2-7-19-40/h1-38H. The van der Waals surface area contributed by atoms with Gasteiger partial charge in [-0.2, -0.15) is 0 Å². The van der Waals surface area contributed by atoms with Crippen LogP contribution in [0, 0.1) is 0 Å². The Balaban J connectivity index is 0.952. The second kappa shape index (κ2) is 15.6. The van der Waals surface area contributed by atoms with E-state index in [0.717, 1.165) is 99.5 Å². The van der Waals surface area contributed by atoms with E-state index in [4.69, 9.17) is 23.8 Å². The highest BCUT2D eigenvalue weighted by molar-refractivity contribution is 6.20. The highest BCUT2D eigenvalue weighted by atomic mass is 16.3. The number of furan rings is 2. The smallest absolute Gasteiger partial charge is 0.164 e. The van der Waals surface area contributed by atoms with E-state index >= 15 is 0 Å². The zero-order valence-electron chi connectivity index (χ0n) is 37.0. The lowest BCUT2D eigenvalue weighted by atomic mass is 9.97. The fourth-order valence-electron chi connectivity index (χ4n) is 10.3. The van der Waals surface area contributed by atoms with E-state index in [1.54, 1.807) is 0 Å². The van der Waals surface area contributed by atoms with Crippen molar-refractivity contribution in [3.63, 3.8) is 0 Å². The molecule has 0 aliphatic rings. The monoisotopic (exact) mass is 882 g/mol. The van der Waals surface area contributed by atoms with Gasteiger partial charge in [0, 0.05) is 54.7 Å². The molecule has 0 spiro atoms. The third kappa shape index (κ3) is 6.30. The first-order valence-electron chi connectivity index (χ1n) is 23.2. The molecule has 0 saturated carbocycles. The van der Waals surface area contributed by atoms with Gasteiger partial charge in [0.05, 0.1) is 22.1 Å². The van der Waals surface area contributed by atoms with Gasteiger partial charge >= 0.3 is 0 Å². The third-order valence-electron chi connectivity index (χ3n) is 13.5. The molecule has 69 heavy (non-hydrogen) atoms. The molecular weight excluding hydrogens is 845 g/mol. The summed E-state index contributed by atoms with van der Waals surface area (Å²) in [6, 6.07) is 80.2. The summed E-state index contributed by atoms with van der Waals surface area (Å²) in [5.41, 5.74) is 15.6. The summed E-state index contributed by atoms with van der Waals surface area (Å²) in [4.78, 5) is 15.4. The number of nitrogens with zero attached hydrogens (tertiary/aromatic N) is 4. The van der Waals surface area contributed by atoms with Crippen LogP contribution >= 0.6 is 0 Å². The molecule has 0 radical (unpaired) electrons. The Morgan fingerprint density at radius 1 is 0.290 bits per heavy atom. The maximum Gasteiger partial charge on any atom is 0.164 e. The van der Waals surface area contributed by atoms with Gasteiger partial charge in [0.15, 0.2) is 17.5 Å². The molecule has 0 bridgehead atoms. The quantitative estimate of drug-likeness (QED) is 0.159. The molecule has 0 aliphatic carbocycles. The summed E-state index contributed by atoms with van der Waals surface area (Å²) < 4.78 is 16.3. The number of hydrogen-bond donors (Lipinski definition) is 0. The van der Waals surface area contributed by atoms with Crippen LogP contribution in [0.3, 0.4) is 0 Å². The minimum atomic E-state index is 0.566. The Morgan fingerprint density at radius 3 is 1.57 bits per heavy atom. The van der Waals surface area contributed by atoms with Crippen LogP contribution in [-0.2, 0) is 0 Å². The Hall–Kier alpha value is -9.39. The summed E-state index contributed by atoms with van der Waals surface area (Å²) >= 11 is 0. The summed E-state index contributed by atoms with van der Waals surface area (Å²) in [6.07, 6.45) is 0. The van der Waals surface area contributed by atoms with Crippen LogP contribution in [0.25, 0.3) is 139 Å². The molecule has 4 aromatic heterocycles. The molecule has 0 saturated heterocycles. The molecule has 6 nitrogen and oxygen atoms in total. The molecule has 6 heteroatoms. The highest BCUT2D eigenvalue weighted by Crippen LogP contribution is 2.46. The Bertz CT molecular complexity index is 4290. The van der Waals surface area contributed by atoms with Crippen LogP contribution < -0.4 is 0 Å². The molecule has 322 valence electrons. The van der Waals surface area contributed by atoms with Crippen molar-refractivity contribution < 1.29 is 8.83 Å². The van der Waals surface area contributed by atoms with Crippen molar-refractivity contribution in [1.29, 1.82) is 0 Å². The molecule has 0 atom stereocenters. The maximum absolute atomic E-state index is 6.96. The van der Waals surface area contributed by atoms with Gasteiger partial charge in [0.25, 0.3) is 0 Å². The fraction of sp³-hybridized carbons (Fsp3) is 0. The minimum absolute atomic E-state index is 0.566. The molecule has 4 heterocycles. The molecule has 14 rings (SSSR count). The molecule has 0 aliphatic heterocycles. The first kappa shape index (κ1) is 38.8. The summed E-state index contributed by atoms with van der Waals surface area (Å²) in [5.74, 6) is 1.76. The van der Waals surface area contributed by atoms with E-state index in [1.807, 2.05) is 54.6 Å². The molecular formula is C63H38N4O2. The van der Waals surface area contributed by atoms with E-state index in [9.17, 15) is 0 Å². The molecule has 14 aromatic rings. The predicted octanol–water partition coefficient (Wildman–Crippen LogP) is 16.8. The zero-order chi connectivity index (χ0) is 45.4. The van der Waals surface area contributed by atoms with Crippen molar-refractivity contribution in [1.82, 2.24) is 19.5 Å². The molecule has 0 amide bonds. The second-order valence-electron chi connectivity index (χ2n) is 17.5. The van der Waals surface area contributed by atoms with Crippen molar-refractivity contribution in [3.05, 3.63) is 231 Å². The van der Waals surface area contributed by atoms with E-state index < -0.39 is 0 Å². The Labute approximate surface area is 396 Å². The van der Waals surface area contributed by atoms with Gasteiger partial charge in [-0.1, -0.05) is 188 Å². The first-order valence-corrected chi connectivity index (χ1v) is 23.2. The Kier molecular flexibility index (Phi) is 8.79. The molecule has 10 aromatic carbocycles. The summed E-state index contributed by atoms with van der Waals surface area (Å²) in [6.45, 7) is 0. The van der Waals surface area contributed by atoms with Gasteiger partial charge in [-0.15, -0.1) is 0 Å². The Morgan fingerprint density at radius 2 is 0.797 bits per heavy atom. The number of fused-ring (bicyclic) bond motifs is 9. The van der Waals surface area contributed by atoms with Crippen LogP contribution in [-0.4, -0.2) is 19.5 Å². The fourth-order valence-corrected chi connectivity index (χ4v) is 10.3. The van der Waals surface area contributed by atoms with E-state index in [-0.39, 0.29) is 0 Å². The first-order chi connectivity index (χ1) is 34.2. The lowest BCUT2D eigenvalue weighted by Crippen LogP contribution is -2.00. The second-order valence-corrected chi connectivity index (χ2v) is 17.5. The van der Waals surface area contributed by atoms with Gasteiger partial charge < -0.3 is 13.4 Å². The maximum atomic E-state index is 6.96. The number of para-hydroxylation sites is 3. The predicted molar refractivity (Wildman–Crippen MR) is 281 cm³/mol. The number of rotatable bonds is 7. The molecule has 0 fully saturated rings. The number of benzene rings is 10. The van der Waals surface area contributed by atoms with Crippen LogP contribution in [0.4, 0.5) is 0 Å². The average Bonchev–Trinajstić information content (AvgIpc) is 4.12. The van der Waals surface area contributed by atoms with Crippen LogP contribution in [0.2, 0.25) is 0 Å². The topological polar surface area (TPSA) is 69.9 Å². The largest absolute Gasteiger partial charge is 0.455 e. The van der Waals surface area contributed by atoms with E-state index in [0.29, 0.717) is 17.5 Å². The van der Waals surface area contributed by atoms with E-state index in [1.165, 1.54) is 21.9 Å². The lowest BCUT2D eigenvalue weighted by molar-refractivity contribution is 0.665. The van der Waals surface area contributed by atoms with Crippen molar-refractivity contribution in [3.8, 4) is 73.2 Å². The van der Waals surface area contributed by atoms with Crippen molar-refractivity contribution in [2.45, 2.75) is 0 Å². The minimum Gasteiger partial charge on any atom is -0.455 e. The third-order valence-corrected chi connectivity index (χ3v) is 13.5. The molecule has 0 unspecified atom stereocenters. The van der Waals surface area contributed by atoms with Crippen molar-refractivity contribution in [2.75, 3.05) is 0 Å². The van der Waals surface area contributed by atoms with Gasteiger partial charge in [0.1, 0.15) is 22.3 Å². The van der Waals surface area contributed by atoms with Gasteiger partial charge in [-0.05, 0) is 64.7 Å². The van der Waals surface area contributed by atoms with Gasteiger partial charge in [0.2, 0.25) is 0 Å². The average molecular weight is 883 g/mol. The number of hydrogen-bond acceptors (Lipinski definition) is 5. The van der Waals surface area contributed by atoms with Crippen molar-refractivity contribution >= 4 is 65.7 Å². The van der Waals surface area contributed by atoms with Gasteiger partial charge in [-0.25, -0.2) is 15.0 Å². The van der Waals surface area contributed by atoms with Gasteiger partial charge in [-0.3, -0.25) is 0 Å². The van der Waals surface area contributed by atoms with Crippen LogP contribution in [0.15, 0.2) is 239 Å². The number of aromatic nitrogens is 4. The van der Waals surface area contributed by atoms with Crippen LogP contribution in [0.1, 0.15) is 0 Å². The highest BCUT2D eigenvalue weighted by Gasteiger charge is 2.24. The lowest BCUT2D eigenvalue weighted by Gasteiger charge is -2.12. The zero-order valence-corrected chi connectivity index (χ0v) is 37.0. The summed E-state index contributed by atoms with van der Waals surface area (Å²) in [5, 5.41) is 6.36. The summed E-state index contributed by atoms with van der Waals surface area (Å²) in [7, 11) is 0.